The minimum atomic E-state index is -0.213. The number of carbonyl (C=O) groups is 1. The van der Waals surface area contributed by atoms with Crippen molar-refractivity contribution in [2.75, 3.05) is 26.7 Å². The van der Waals surface area contributed by atoms with Gasteiger partial charge in [-0.05, 0) is 6.54 Å². The number of ether oxygens (including phenoxy) is 1. The molecule has 1 amide bonds. The van der Waals surface area contributed by atoms with Crippen LogP contribution in [-0.2, 0) is 11.8 Å². The van der Waals surface area contributed by atoms with Gasteiger partial charge in [0.1, 0.15) is 5.69 Å². The molecule has 0 aromatic carbocycles. The zero-order chi connectivity index (χ0) is 14.0. The minimum absolute atomic E-state index is 0.0101. The molecule has 19 heavy (non-hydrogen) atoms. The predicted molar refractivity (Wildman–Crippen MR) is 72.4 cm³/mol. The van der Waals surface area contributed by atoms with E-state index in [1.165, 1.54) is 10.9 Å². The van der Waals surface area contributed by atoms with Crippen LogP contribution in [0.1, 0.15) is 17.4 Å². The first kappa shape index (κ1) is 14.3. The Hall–Kier alpha value is -1.11. The quantitative estimate of drug-likeness (QED) is 0.877. The SMILES string of the molecule is CCN1C[C@H](NC(=O)c2c(Cl)cnn2C)[C@@H](OC)C1. The molecule has 0 bridgehead atoms. The summed E-state index contributed by atoms with van der Waals surface area (Å²) in [6.07, 6.45) is 1.48. The second-order valence-electron chi connectivity index (χ2n) is 4.67. The molecule has 2 heterocycles. The first-order valence-corrected chi connectivity index (χ1v) is 6.68. The zero-order valence-corrected chi connectivity index (χ0v) is 12.1. The Morgan fingerprint density at radius 3 is 2.89 bits per heavy atom. The molecule has 7 heteroatoms. The molecular weight excluding hydrogens is 268 g/mol. The Labute approximate surface area is 117 Å². The van der Waals surface area contributed by atoms with Crippen molar-refractivity contribution >= 4 is 17.5 Å². The summed E-state index contributed by atoms with van der Waals surface area (Å²) in [6, 6.07) is -0.0246. The molecule has 1 aliphatic heterocycles. The van der Waals surface area contributed by atoms with Gasteiger partial charge in [-0.2, -0.15) is 5.10 Å². The molecule has 0 saturated carbocycles. The fraction of sp³-hybridized carbons (Fsp3) is 0.667. The Bertz CT molecular complexity index is 443. The third-order valence-electron chi connectivity index (χ3n) is 3.52. The summed E-state index contributed by atoms with van der Waals surface area (Å²) in [5.41, 5.74) is 0.381. The van der Waals surface area contributed by atoms with Gasteiger partial charge >= 0.3 is 0 Å². The Balaban J connectivity index is 2.06. The lowest BCUT2D eigenvalue weighted by Crippen LogP contribution is -2.44. The molecule has 0 unspecified atom stereocenters. The summed E-state index contributed by atoms with van der Waals surface area (Å²) in [5, 5.41) is 7.30. The molecule has 1 fully saturated rings. The lowest BCUT2D eigenvalue weighted by molar-refractivity contribution is 0.0756. The summed E-state index contributed by atoms with van der Waals surface area (Å²) in [5.74, 6) is -0.213. The number of nitrogens with one attached hydrogen (secondary N) is 1. The first-order valence-electron chi connectivity index (χ1n) is 6.30. The molecule has 106 valence electrons. The summed E-state index contributed by atoms with van der Waals surface area (Å²) in [4.78, 5) is 14.5. The van der Waals surface area contributed by atoms with Gasteiger partial charge in [0.2, 0.25) is 0 Å². The highest BCUT2D eigenvalue weighted by atomic mass is 35.5. The maximum absolute atomic E-state index is 12.2. The van der Waals surface area contributed by atoms with Crippen molar-refractivity contribution in [3.05, 3.63) is 16.9 Å². The highest BCUT2D eigenvalue weighted by molar-refractivity contribution is 6.33. The van der Waals surface area contributed by atoms with E-state index in [-0.39, 0.29) is 18.1 Å². The maximum Gasteiger partial charge on any atom is 0.271 e. The molecule has 2 rings (SSSR count). The third-order valence-corrected chi connectivity index (χ3v) is 3.79. The number of hydrogen-bond acceptors (Lipinski definition) is 4. The Kier molecular flexibility index (Phi) is 4.44. The van der Waals surface area contributed by atoms with Gasteiger partial charge in [-0.25, -0.2) is 0 Å². The number of rotatable bonds is 4. The maximum atomic E-state index is 12.2. The van der Waals surface area contributed by atoms with Crippen molar-refractivity contribution in [2.24, 2.45) is 7.05 Å². The van der Waals surface area contributed by atoms with Gasteiger partial charge in [-0.3, -0.25) is 14.4 Å². The van der Waals surface area contributed by atoms with E-state index in [0.717, 1.165) is 19.6 Å². The summed E-state index contributed by atoms with van der Waals surface area (Å²) in [6.45, 7) is 4.65. The standard InChI is InChI=1S/C12H19ClN4O2/c1-4-17-6-9(10(7-17)19-3)15-12(18)11-8(13)5-14-16(11)2/h5,9-10H,4,6-7H2,1-3H3,(H,15,18)/t9-,10-/m0/s1. The number of aromatic nitrogens is 2. The molecule has 0 radical (unpaired) electrons. The van der Waals surface area contributed by atoms with Crippen molar-refractivity contribution < 1.29 is 9.53 Å². The van der Waals surface area contributed by atoms with Crippen LogP contribution in [-0.4, -0.2) is 59.5 Å². The van der Waals surface area contributed by atoms with Gasteiger partial charge in [-0.1, -0.05) is 18.5 Å². The van der Waals surface area contributed by atoms with E-state index in [9.17, 15) is 4.79 Å². The fourth-order valence-electron chi connectivity index (χ4n) is 2.39. The van der Waals surface area contributed by atoms with Crippen LogP contribution in [0.3, 0.4) is 0 Å². The van der Waals surface area contributed by atoms with Gasteiger partial charge in [0.05, 0.1) is 23.4 Å². The summed E-state index contributed by atoms with van der Waals surface area (Å²) in [7, 11) is 3.36. The third kappa shape index (κ3) is 2.91. The van der Waals surface area contributed by atoms with E-state index in [0.29, 0.717) is 10.7 Å². The predicted octanol–water partition coefficient (Wildman–Crippen LogP) is 0.522. The summed E-state index contributed by atoms with van der Waals surface area (Å²) >= 11 is 5.97. The highest BCUT2D eigenvalue weighted by Gasteiger charge is 2.34. The molecule has 1 saturated heterocycles. The van der Waals surface area contributed by atoms with Gasteiger partial charge in [0.15, 0.2) is 0 Å². The molecule has 0 aliphatic carbocycles. The second-order valence-corrected chi connectivity index (χ2v) is 5.08. The van der Waals surface area contributed by atoms with Crippen molar-refractivity contribution in [3.8, 4) is 0 Å². The molecule has 6 nitrogen and oxygen atoms in total. The largest absolute Gasteiger partial charge is 0.378 e. The van der Waals surface area contributed by atoms with Crippen LogP contribution in [0, 0.1) is 0 Å². The van der Waals surface area contributed by atoms with Crippen LogP contribution in [0.15, 0.2) is 6.20 Å². The molecule has 0 spiro atoms. The van der Waals surface area contributed by atoms with Crippen LogP contribution in [0.5, 0.6) is 0 Å². The number of halogens is 1. The normalized spacial score (nSPS) is 23.8. The molecule has 1 aromatic heterocycles. The molecule has 2 atom stereocenters. The van der Waals surface area contributed by atoms with Crippen LogP contribution in [0.25, 0.3) is 0 Å². The average molecular weight is 287 g/mol. The van der Waals surface area contributed by atoms with Crippen LogP contribution in [0.4, 0.5) is 0 Å². The number of amides is 1. The molecular formula is C12H19ClN4O2. The average Bonchev–Trinajstić information content (AvgIpc) is 2.93. The van der Waals surface area contributed by atoms with Crippen LogP contribution < -0.4 is 5.32 Å². The topological polar surface area (TPSA) is 59.4 Å². The molecule has 1 N–H and O–H groups in total. The monoisotopic (exact) mass is 286 g/mol. The molecule has 1 aromatic rings. The number of aryl methyl sites for hydroxylation is 1. The van der Waals surface area contributed by atoms with Gasteiger partial charge in [-0.15, -0.1) is 0 Å². The van der Waals surface area contributed by atoms with Crippen LogP contribution >= 0.6 is 11.6 Å². The van der Waals surface area contributed by atoms with Crippen molar-refractivity contribution in [1.82, 2.24) is 20.0 Å². The van der Waals surface area contributed by atoms with E-state index in [2.05, 4.69) is 22.2 Å². The van der Waals surface area contributed by atoms with E-state index in [4.69, 9.17) is 16.3 Å². The van der Waals surface area contributed by atoms with Gasteiger partial charge in [0.25, 0.3) is 5.91 Å². The number of hydrogen-bond donors (Lipinski definition) is 1. The van der Waals surface area contributed by atoms with E-state index >= 15 is 0 Å². The van der Waals surface area contributed by atoms with Crippen LogP contribution in [0.2, 0.25) is 5.02 Å². The van der Waals surface area contributed by atoms with Gasteiger partial charge in [0, 0.05) is 27.2 Å². The molecule has 1 aliphatic rings. The number of methoxy groups -OCH3 is 1. The Morgan fingerprint density at radius 2 is 2.37 bits per heavy atom. The zero-order valence-electron chi connectivity index (χ0n) is 11.4. The number of likely N-dealkylation sites (N-methyl/N-ethyl adjacent to an activating group) is 1. The second kappa shape index (κ2) is 5.90. The first-order chi connectivity index (χ1) is 9.06. The van der Waals surface area contributed by atoms with Crippen molar-refractivity contribution in [1.29, 1.82) is 0 Å². The Morgan fingerprint density at radius 1 is 1.63 bits per heavy atom. The van der Waals surface area contributed by atoms with E-state index in [1.807, 2.05) is 0 Å². The van der Waals surface area contributed by atoms with Crippen molar-refractivity contribution in [2.45, 2.75) is 19.1 Å². The number of nitrogens with zero attached hydrogens (tertiary/aromatic N) is 3. The summed E-state index contributed by atoms with van der Waals surface area (Å²) < 4.78 is 6.90. The minimum Gasteiger partial charge on any atom is -0.378 e. The van der Waals surface area contributed by atoms with Gasteiger partial charge < -0.3 is 10.1 Å². The lowest BCUT2D eigenvalue weighted by atomic mass is 10.2. The fourth-order valence-corrected chi connectivity index (χ4v) is 2.64. The lowest BCUT2D eigenvalue weighted by Gasteiger charge is -2.18. The highest BCUT2D eigenvalue weighted by Crippen LogP contribution is 2.17. The van der Waals surface area contributed by atoms with E-state index < -0.39 is 0 Å². The number of carbonyl (C=O) groups excluding carboxylic acids is 1. The van der Waals surface area contributed by atoms with E-state index in [1.54, 1.807) is 14.2 Å². The number of likely N-dealkylation sites (tertiary alicyclic amines) is 1. The smallest absolute Gasteiger partial charge is 0.271 e. The van der Waals surface area contributed by atoms with Crippen molar-refractivity contribution in [3.63, 3.8) is 0 Å².